The molecule has 2 atom stereocenters. The molecule has 1 heterocycles. The molecule has 116 valence electrons. The second-order valence-corrected chi connectivity index (χ2v) is 6.31. The van der Waals surface area contributed by atoms with E-state index in [-0.39, 0.29) is 18.2 Å². The van der Waals surface area contributed by atoms with Crippen LogP contribution in [-0.2, 0) is 22.4 Å². The SMILES string of the molecule is CC(Cc1cccs1)C(=O)N[C@@H](Cc1ccccc1)C(=O)O. The molecule has 2 rings (SSSR count). The summed E-state index contributed by atoms with van der Waals surface area (Å²) in [5, 5.41) is 13.9. The van der Waals surface area contributed by atoms with Crippen molar-refractivity contribution in [3.8, 4) is 0 Å². The van der Waals surface area contributed by atoms with Gasteiger partial charge in [0.25, 0.3) is 0 Å². The number of carbonyl (C=O) groups excluding carboxylic acids is 1. The summed E-state index contributed by atoms with van der Waals surface area (Å²) in [6, 6.07) is 12.3. The zero-order valence-electron chi connectivity index (χ0n) is 12.4. The van der Waals surface area contributed by atoms with Crippen molar-refractivity contribution < 1.29 is 14.7 Å². The molecule has 0 aliphatic rings. The van der Waals surface area contributed by atoms with Gasteiger partial charge in [0.1, 0.15) is 6.04 Å². The third-order valence-corrected chi connectivity index (χ3v) is 4.33. The number of hydrogen-bond donors (Lipinski definition) is 2. The first-order valence-corrected chi connectivity index (χ1v) is 8.03. The van der Waals surface area contributed by atoms with Crippen LogP contribution < -0.4 is 5.32 Å². The summed E-state index contributed by atoms with van der Waals surface area (Å²) < 4.78 is 0. The summed E-state index contributed by atoms with van der Waals surface area (Å²) in [5.41, 5.74) is 0.890. The van der Waals surface area contributed by atoms with Crippen molar-refractivity contribution in [3.05, 3.63) is 58.3 Å². The molecule has 0 fully saturated rings. The van der Waals surface area contributed by atoms with E-state index in [4.69, 9.17) is 0 Å². The Hall–Kier alpha value is -2.14. The number of nitrogens with one attached hydrogen (secondary N) is 1. The molecular weight excluding hydrogens is 298 g/mol. The van der Waals surface area contributed by atoms with E-state index in [1.165, 1.54) is 0 Å². The van der Waals surface area contributed by atoms with Gasteiger partial charge in [-0.3, -0.25) is 4.79 Å². The molecule has 2 N–H and O–H groups in total. The molecular formula is C17H19NO3S. The molecule has 1 aromatic carbocycles. The van der Waals surface area contributed by atoms with Crippen LogP contribution in [0.5, 0.6) is 0 Å². The van der Waals surface area contributed by atoms with E-state index in [9.17, 15) is 14.7 Å². The molecule has 1 aromatic heterocycles. The Balaban J connectivity index is 1.95. The summed E-state index contributed by atoms with van der Waals surface area (Å²) in [5.74, 6) is -1.49. The van der Waals surface area contributed by atoms with E-state index in [0.29, 0.717) is 6.42 Å². The third kappa shape index (κ3) is 4.70. The van der Waals surface area contributed by atoms with Crippen molar-refractivity contribution in [2.45, 2.75) is 25.8 Å². The van der Waals surface area contributed by atoms with Crippen LogP contribution in [0.25, 0.3) is 0 Å². The monoisotopic (exact) mass is 317 g/mol. The zero-order valence-corrected chi connectivity index (χ0v) is 13.2. The second-order valence-electron chi connectivity index (χ2n) is 5.27. The highest BCUT2D eigenvalue weighted by Crippen LogP contribution is 2.15. The van der Waals surface area contributed by atoms with E-state index in [2.05, 4.69) is 5.32 Å². The molecule has 0 aliphatic carbocycles. The average Bonchev–Trinajstić information content (AvgIpc) is 3.00. The molecule has 0 bridgehead atoms. The van der Waals surface area contributed by atoms with Crippen LogP contribution in [0.15, 0.2) is 47.8 Å². The van der Waals surface area contributed by atoms with Gasteiger partial charge in [-0.05, 0) is 23.4 Å². The highest BCUT2D eigenvalue weighted by Gasteiger charge is 2.23. The molecule has 1 amide bonds. The fourth-order valence-corrected chi connectivity index (χ4v) is 3.02. The zero-order chi connectivity index (χ0) is 15.9. The van der Waals surface area contributed by atoms with Crippen LogP contribution in [0.1, 0.15) is 17.4 Å². The van der Waals surface area contributed by atoms with Crippen LogP contribution >= 0.6 is 11.3 Å². The lowest BCUT2D eigenvalue weighted by Gasteiger charge is -2.17. The molecule has 0 aliphatic heterocycles. The first-order valence-electron chi connectivity index (χ1n) is 7.15. The summed E-state index contributed by atoms with van der Waals surface area (Å²) in [4.78, 5) is 24.7. The molecule has 22 heavy (non-hydrogen) atoms. The first kappa shape index (κ1) is 16.2. The van der Waals surface area contributed by atoms with Gasteiger partial charge in [-0.2, -0.15) is 0 Å². The normalized spacial score (nSPS) is 13.3. The van der Waals surface area contributed by atoms with Gasteiger partial charge in [0.2, 0.25) is 5.91 Å². The van der Waals surface area contributed by atoms with Gasteiger partial charge in [-0.15, -0.1) is 11.3 Å². The third-order valence-electron chi connectivity index (χ3n) is 3.43. The fourth-order valence-electron chi connectivity index (χ4n) is 2.19. The maximum Gasteiger partial charge on any atom is 0.326 e. The Morgan fingerprint density at radius 3 is 2.45 bits per heavy atom. The lowest BCUT2D eigenvalue weighted by Crippen LogP contribution is -2.44. The van der Waals surface area contributed by atoms with Crippen LogP contribution in [0.4, 0.5) is 0 Å². The smallest absolute Gasteiger partial charge is 0.326 e. The molecule has 4 nitrogen and oxygen atoms in total. The molecule has 5 heteroatoms. The maximum absolute atomic E-state index is 12.2. The number of rotatable bonds is 7. The lowest BCUT2D eigenvalue weighted by atomic mass is 10.0. The minimum absolute atomic E-state index is 0.225. The Bertz CT molecular complexity index is 610. The Kier molecular flexibility index (Phi) is 5.72. The predicted octanol–water partition coefficient (Wildman–Crippen LogP) is 2.74. The topological polar surface area (TPSA) is 66.4 Å². The number of hydrogen-bond acceptors (Lipinski definition) is 3. The van der Waals surface area contributed by atoms with Crippen LogP contribution in [0.2, 0.25) is 0 Å². The van der Waals surface area contributed by atoms with Crippen LogP contribution in [0, 0.1) is 5.92 Å². The second kappa shape index (κ2) is 7.75. The van der Waals surface area contributed by atoms with E-state index in [1.807, 2.05) is 54.8 Å². The van der Waals surface area contributed by atoms with Crippen molar-refractivity contribution in [2.75, 3.05) is 0 Å². The molecule has 0 radical (unpaired) electrons. The average molecular weight is 317 g/mol. The number of thiophene rings is 1. The van der Waals surface area contributed by atoms with E-state index < -0.39 is 12.0 Å². The number of carboxylic acids is 1. The maximum atomic E-state index is 12.2. The van der Waals surface area contributed by atoms with Crippen molar-refractivity contribution in [3.63, 3.8) is 0 Å². The van der Waals surface area contributed by atoms with E-state index in [1.54, 1.807) is 11.3 Å². The van der Waals surface area contributed by atoms with E-state index in [0.717, 1.165) is 10.4 Å². The molecule has 2 aromatic rings. The van der Waals surface area contributed by atoms with Crippen LogP contribution in [-0.4, -0.2) is 23.0 Å². The Morgan fingerprint density at radius 1 is 1.14 bits per heavy atom. The summed E-state index contributed by atoms with van der Waals surface area (Å²) in [7, 11) is 0. The van der Waals surface area contributed by atoms with Gasteiger partial charge in [0, 0.05) is 17.2 Å². The van der Waals surface area contributed by atoms with Gasteiger partial charge in [0.05, 0.1) is 0 Å². The number of carbonyl (C=O) groups is 2. The lowest BCUT2D eigenvalue weighted by molar-refractivity contribution is -0.142. The summed E-state index contributed by atoms with van der Waals surface area (Å²) in [6.07, 6.45) is 0.912. The van der Waals surface area contributed by atoms with Gasteiger partial charge >= 0.3 is 5.97 Å². The number of aliphatic carboxylic acids is 1. The molecule has 0 saturated heterocycles. The van der Waals surface area contributed by atoms with Gasteiger partial charge in [-0.1, -0.05) is 43.3 Å². The van der Waals surface area contributed by atoms with Crippen molar-refractivity contribution in [1.82, 2.24) is 5.32 Å². The van der Waals surface area contributed by atoms with Crippen molar-refractivity contribution in [1.29, 1.82) is 0 Å². The largest absolute Gasteiger partial charge is 0.480 e. The number of carboxylic acid groups (broad SMARTS) is 1. The standard InChI is InChI=1S/C17H19NO3S/c1-12(10-14-8-5-9-22-14)16(19)18-15(17(20)21)11-13-6-3-2-4-7-13/h2-9,12,15H,10-11H2,1H3,(H,18,19)(H,20,21)/t12?,15-/m0/s1. The van der Waals surface area contributed by atoms with Gasteiger partial charge in [0.15, 0.2) is 0 Å². The summed E-state index contributed by atoms with van der Waals surface area (Å²) >= 11 is 1.60. The van der Waals surface area contributed by atoms with Gasteiger partial charge < -0.3 is 10.4 Å². The Labute approximate surface area is 133 Å². The fraction of sp³-hybridized carbons (Fsp3) is 0.294. The molecule has 0 saturated carbocycles. The Morgan fingerprint density at radius 2 is 1.86 bits per heavy atom. The molecule has 1 unspecified atom stereocenters. The van der Waals surface area contributed by atoms with Crippen molar-refractivity contribution >= 4 is 23.2 Å². The predicted molar refractivity (Wildman–Crippen MR) is 86.9 cm³/mol. The molecule has 0 spiro atoms. The summed E-state index contributed by atoms with van der Waals surface area (Å²) in [6.45, 7) is 1.82. The number of amides is 1. The first-order chi connectivity index (χ1) is 10.6. The van der Waals surface area contributed by atoms with Crippen LogP contribution in [0.3, 0.4) is 0 Å². The highest BCUT2D eigenvalue weighted by molar-refractivity contribution is 7.09. The minimum atomic E-state index is -1.01. The van der Waals surface area contributed by atoms with Gasteiger partial charge in [-0.25, -0.2) is 4.79 Å². The highest BCUT2D eigenvalue weighted by atomic mass is 32.1. The minimum Gasteiger partial charge on any atom is -0.480 e. The quantitative estimate of drug-likeness (QED) is 0.825. The number of benzene rings is 1. The van der Waals surface area contributed by atoms with E-state index >= 15 is 0 Å². The van der Waals surface area contributed by atoms with Crippen molar-refractivity contribution in [2.24, 2.45) is 5.92 Å².